The monoisotopic (exact) mass is 297 g/mol. The predicted molar refractivity (Wildman–Crippen MR) is 86.9 cm³/mol. The standard InChI is InChI=1S/C17H19N3O2/c1-11-7-8-14-12(9-11)17(18-10-16(21)20(14)2)13-5-4-6-15(19-13)22-3/h4-9,16,21H,10H2,1-3H3. The van der Waals surface area contributed by atoms with E-state index in [-0.39, 0.29) is 0 Å². The Morgan fingerprint density at radius 2 is 2.09 bits per heavy atom. The van der Waals surface area contributed by atoms with E-state index < -0.39 is 6.23 Å². The fraction of sp³-hybridized carbons (Fsp3) is 0.294. The zero-order valence-corrected chi connectivity index (χ0v) is 12.9. The third-order valence-corrected chi connectivity index (χ3v) is 3.82. The molecular formula is C17H19N3O2. The van der Waals surface area contributed by atoms with Crippen LogP contribution in [0.25, 0.3) is 0 Å². The number of aliphatic hydroxyl groups is 1. The first-order valence-corrected chi connectivity index (χ1v) is 7.18. The molecule has 0 bridgehead atoms. The van der Waals surface area contributed by atoms with Crippen molar-refractivity contribution in [2.75, 3.05) is 25.6 Å². The second-order valence-corrected chi connectivity index (χ2v) is 5.37. The first-order chi connectivity index (χ1) is 10.6. The van der Waals surface area contributed by atoms with E-state index in [1.807, 2.05) is 43.1 Å². The molecule has 0 aliphatic carbocycles. The molecule has 0 amide bonds. The number of rotatable bonds is 2. The van der Waals surface area contributed by atoms with Gasteiger partial charge in [0.25, 0.3) is 0 Å². The maximum atomic E-state index is 10.2. The highest BCUT2D eigenvalue weighted by Crippen LogP contribution is 2.28. The van der Waals surface area contributed by atoms with Crippen LogP contribution in [0, 0.1) is 6.92 Å². The molecule has 1 aliphatic heterocycles. The number of anilines is 1. The van der Waals surface area contributed by atoms with Gasteiger partial charge in [-0.25, -0.2) is 4.98 Å². The van der Waals surface area contributed by atoms with E-state index >= 15 is 0 Å². The van der Waals surface area contributed by atoms with Crippen LogP contribution in [0.2, 0.25) is 0 Å². The minimum atomic E-state index is -0.649. The van der Waals surface area contributed by atoms with E-state index in [1.165, 1.54) is 0 Å². The maximum absolute atomic E-state index is 10.2. The number of ether oxygens (including phenoxy) is 1. The van der Waals surface area contributed by atoms with Crippen molar-refractivity contribution in [3.63, 3.8) is 0 Å². The second kappa shape index (κ2) is 5.77. The van der Waals surface area contributed by atoms with Crippen molar-refractivity contribution < 1.29 is 9.84 Å². The Labute approximate surface area is 129 Å². The Hall–Kier alpha value is -2.40. The summed E-state index contributed by atoms with van der Waals surface area (Å²) in [5, 5.41) is 10.2. The van der Waals surface area contributed by atoms with E-state index in [9.17, 15) is 5.11 Å². The fourth-order valence-electron chi connectivity index (χ4n) is 2.57. The van der Waals surface area contributed by atoms with Crippen molar-refractivity contribution in [2.45, 2.75) is 13.2 Å². The normalized spacial score (nSPS) is 17.5. The second-order valence-electron chi connectivity index (χ2n) is 5.37. The van der Waals surface area contributed by atoms with Gasteiger partial charge in [0.2, 0.25) is 5.88 Å². The van der Waals surface area contributed by atoms with E-state index in [0.717, 1.165) is 28.2 Å². The number of hydrogen-bond donors (Lipinski definition) is 1. The van der Waals surface area contributed by atoms with Crippen LogP contribution in [0.15, 0.2) is 41.4 Å². The maximum Gasteiger partial charge on any atom is 0.213 e. The van der Waals surface area contributed by atoms with Crippen LogP contribution in [-0.2, 0) is 0 Å². The van der Waals surface area contributed by atoms with Crippen molar-refractivity contribution in [1.82, 2.24) is 4.98 Å². The average molecular weight is 297 g/mol. The van der Waals surface area contributed by atoms with E-state index in [4.69, 9.17) is 4.74 Å². The number of likely N-dealkylation sites (N-methyl/N-ethyl adjacent to an activating group) is 1. The lowest BCUT2D eigenvalue weighted by atomic mass is 10.0. The van der Waals surface area contributed by atoms with Gasteiger partial charge in [0.1, 0.15) is 6.23 Å². The van der Waals surface area contributed by atoms with E-state index in [0.29, 0.717) is 12.4 Å². The van der Waals surface area contributed by atoms with Crippen LogP contribution in [0.3, 0.4) is 0 Å². The number of benzene rings is 1. The van der Waals surface area contributed by atoms with Crippen molar-refractivity contribution in [3.8, 4) is 5.88 Å². The number of hydrogen-bond acceptors (Lipinski definition) is 5. The highest BCUT2D eigenvalue weighted by Gasteiger charge is 2.23. The summed E-state index contributed by atoms with van der Waals surface area (Å²) in [6.45, 7) is 2.34. The van der Waals surface area contributed by atoms with Gasteiger partial charge >= 0.3 is 0 Å². The molecule has 2 heterocycles. The van der Waals surface area contributed by atoms with Crippen LogP contribution >= 0.6 is 0 Å². The molecule has 1 aromatic heterocycles. The fourth-order valence-corrected chi connectivity index (χ4v) is 2.57. The number of aryl methyl sites for hydroxylation is 1. The molecule has 0 saturated carbocycles. The summed E-state index contributed by atoms with van der Waals surface area (Å²) >= 11 is 0. The van der Waals surface area contributed by atoms with Gasteiger partial charge in [0.05, 0.1) is 25.1 Å². The van der Waals surface area contributed by atoms with Crippen LogP contribution in [0.5, 0.6) is 5.88 Å². The quantitative estimate of drug-likeness (QED) is 0.921. The third kappa shape index (κ3) is 2.55. The van der Waals surface area contributed by atoms with Gasteiger partial charge in [-0.2, -0.15) is 0 Å². The molecule has 1 unspecified atom stereocenters. The van der Waals surface area contributed by atoms with Gasteiger partial charge < -0.3 is 14.7 Å². The first-order valence-electron chi connectivity index (χ1n) is 7.18. The van der Waals surface area contributed by atoms with Crippen LogP contribution in [0.4, 0.5) is 5.69 Å². The van der Waals surface area contributed by atoms with Gasteiger partial charge in [0.15, 0.2) is 0 Å². The van der Waals surface area contributed by atoms with E-state index in [1.54, 1.807) is 13.2 Å². The molecule has 3 rings (SSSR count). The van der Waals surface area contributed by atoms with E-state index in [2.05, 4.69) is 16.0 Å². The summed E-state index contributed by atoms with van der Waals surface area (Å²) in [5.74, 6) is 0.549. The lowest BCUT2D eigenvalue weighted by molar-refractivity contribution is 0.184. The number of aliphatic imine (C=N–C) groups is 1. The minimum absolute atomic E-state index is 0.304. The Morgan fingerprint density at radius 1 is 1.27 bits per heavy atom. The number of benzodiazepines with no additional fused rings is 1. The zero-order valence-electron chi connectivity index (χ0n) is 12.9. The summed E-state index contributed by atoms with van der Waals surface area (Å²) in [7, 11) is 3.47. The Morgan fingerprint density at radius 3 is 2.86 bits per heavy atom. The molecule has 0 radical (unpaired) electrons. The van der Waals surface area contributed by atoms with Crippen LogP contribution in [0.1, 0.15) is 16.8 Å². The SMILES string of the molecule is COc1cccc(C2=NCC(O)N(C)c3ccc(C)cc32)n1. The number of fused-ring (bicyclic) bond motifs is 1. The Kier molecular flexibility index (Phi) is 3.81. The topological polar surface area (TPSA) is 58.0 Å². The Balaban J connectivity index is 2.18. The summed E-state index contributed by atoms with van der Waals surface area (Å²) < 4.78 is 5.20. The molecule has 1 aromatic carbocycles. The average Bonchev–Trinajstić information content (AvgIpc) is 2.65. The smallest absolute Gasteiger partial charge is 0.213 e. The molecule has 1 atom stereocenters. The predicted octanol–water partition coefficient (Wildman–Crippen LogP) is 2.00. The molecule has 1 N–H and O–H groups in total. The minimum Gasteiger partial charge on any atom is -0.481 e. The summed E-state index contributed by atoms with van der Waals surface area (Å²) in [5.41, 5.74) is 4.58. The lowest BCUT2D eigenvalue weighted by Gasteiger charge is -2.24. The van der Waals surface area contributed by atoms with Gasteiger partial charge in [-0.15, -0.1) is 0 Å². The molecule has 0 fully saturated rings. The largest absolute Gasteiger partial charge is 0.481 e. The van der Waals surface area contributed by atoms with Gasteiger partial charge in [-0.3, -0.25) is 4.99 Å². The first kappa shape index (κ1) is 14.5. The molecule has 0 spiro atoms. The summed E-state index contributed by atoms with van der Waals surface area (Å²) in [6.07, 6.45) is -0.649. The molecule has 5 nitrogen and oxygen atoms in total. The van der Waals surface area contributed by atoms with Crippen molar-refractivity contribution in [2.24, 2.45) is 4.99 Å². The highest BCUT2D eigenvalue weighted by molar-refractivity contribution is 6.15. The lowest BCUT2D eigenvalue weighted by Crippen LogP contribution is -2.33. The number of nitrogens with zero attached hydrogens (tertiary/aromatic N) is 3. The summed E-state index contributed by atoms with van der Waals surface area (Å²) in [6, 6.07) is 11.7. The van der Waals surface area contributed by atoms with Gasteiger partial charge in [-0.1, -0.05) is 17.7 Å². The number of pyridine rings is 1. The Bertz CT molecular complexity index is 728. The molecule has 1 aliphatic rings. The molecule has 22 heavy (non-hydrogen) atoms. The number of aliphatic hydroxyl groups excluding tert-OH is 1. The molecule has 0 saturated heterocycles. The zero-order chi connectivity index (χ0) is 15.7. The van der Waals surface area contributed by atoms with Gasteiger partial charge in [0, 0.05) is 24.4 Å². The van der Waals surface area contributed by atoms with Gasteiger partial charge in [-0.05, 0) is 25.1 Å². The number of methoxy groups -OCH3 is 1. The summed E-state index contributed by atoms with van der Waals surface area (Å²) in [4.78, 5) is 10.9. The van der Waals surface area contributed by atoms with Crippen molar-refractivity contribution in [1.29, 1.82) is 0 Å². The molecule has 5 heteroatoms. The van der Waals surface area contributed by atoms with Crippen LogP contribution in [-0.4, -0.2) is 42.7 Å². The van der Waals surface area contributed by atoms with Crippen LogP contribution < -0.4 is 9.64 Å². The van der Waals surface area contributed by atoms with Crippen molar-refractivity contribution in [3.05, 3.63) is 53.2 Å². The molecule has 2 aromatic rings. The molecule has 114 valence electrons. The molecular weight excluding hydrogens is 278 g/mol. The number of aromatic nitrogens is 1. The third-order valence-electron chi connectivity index (χ3n) is 3.82. The van der Waals surface area contributed by atoms with Crippen molar-refractivity contribution >= 4 is 11.4 Å². The highest BCUT2D eigenvalue weighted by atomic mass is 16.5.